The minimum absolute atomic E-state index is 0.740. The van der Waals surface area contributed by atoms with Gasteiger partial charge in [-0.2, -0.15) is 0 Å². The lowest BCUT2D eigenvalue weighted by atomic mass is 9.97. The molecule has 0 atom stereocenters. The Hall–Kier alpha value is -3.72. The van der Waals surface area contributed by atoms with E-state index in [1.54, 1.807) is 0 Å². The van der Waals surface area contributed by atoms with Crippen LogP contribution < -0.4 is 0 Å². The Morgan fingerprint density at radius 3 is 2.63 bits per heavy atom. The molecule has 30 heavy (non-hydrogen) atoms. The van der Waals surface area contributed by atoms with Crippen molar-refractivity contribution in [3.63, 3.8) is 0 Å². The van der Waals surface area contributed by atoms with E-state index in [9.17, 15) is 0 Å². The molecule has 0 saturated heterocycles. The van der Waals surface area contributed by atoms with Gasteiger partial charge in [0.1, 0.15) is 11.3 Å². The summed E-state index contributed by atoms with van der Waals surface area (Å²) < 4.78 is 6.23. The molecule has 5 aromatic rings. The summed E-state index contributed by atoms with van der Waals surface area (Å²) >= 11 is 0. The van der Waals surface area contributed by atoms with E-state index in [1.807, 2.05) is 30.3 Å². The van der Waals surface area contributed by atoms with Crippen LogP contribution in [-0.4, -0.2) is 9.97 Å². The molecule has 3 aromatic carbocycles. The second-order valence-electron chi connectivity index (χ2n) is 7.84. The number of hydrogen-bond donors (Lipinski definition) is 0. The zero-order valence-electron chi connectivity index (χ0n) is 16.7. The van der Waals surface area contributed by atoms with E-state index in [-0.39, 0.29) is 0 Å². The third kappa shape index (κ3) is 2.66. The smallest absolute Gasteiger partial charge is 0.161 e. The minimum Gasteiger partial charge on any atom is -0.460 e. The molecule has 0 saturated carbocycles. The standard InChI is InChI=1S/C27H20N2O/c1-17-15-21(25-20-12-6-8-14-23(20)30-24(25)16-17)27-28-22-13-7-5-11-19(22)26(29-27)18-9-3-2-4-10-18/h2-7,9-13,15-16H,8,14H2,1H3. The Kier molecular flexibility index (Phi) is 3.81. The topological polar surface area (TPSA) is 38.9 Å². The van der Waals surface area contributed by atoms with Gasteiger partial charge in [-0.3, -0.25) is 0 Å². The van der Waals surface area contributed by atoms with E-state index in [4.69, 9.17) is 14.4 Å². The predicted octanol–water partition coefficient (Wildman–Crippen LogP) is 6.98. The Morgan fingerprint density at radius 1 is 0.900 bits per heavy atom. The molecule has 2 aromatic heterocycles. The highest BCUT2D eigenvalue weighted by Gasteiger charge is 2.21. The fourth-order valence-electron chi connectivity index (χ4n) is 4.41. The van der Waals surface area contributed by atoms with Crippen molar-refractivity contribution in [3.05, 3.63) is 89.7 Å². The first-order valence-corrected chi connectivity index (χ1v) is 10.3. The molecule has 0 amide bonds. The molecular weight excluding hydrogens is 368 g/mol. The largest absolute Gasteiger partial charge is 0.460 e. The van der Waals surface area contributed by atoms with Crippen LogP contribution in [0.3, 0.4) is 0 Å². The number of aromatic nitrogens is 2. The van der Waals surface area contributed by atoms with Crippen LogP contribution >= 0.6 is 0 Å². The highest BCUT2D eigenvalue weighted by molar-refractivity contribution is 6.02. The van der Waals surface area contributed by atoms with Gasteiger partial charge < -0.3 is 4.42 Å². The summed E-state index contributed by atoms with van der Waals surface area (Å²) in [6.45, 7) is 2.10. The minimum atomic E-state index is 0.740. The van der Waals surface area contributed by atoms with E-state index in [0.717, 1.165) is 68.7 Å². The average molecular weight is 388 g/mol. The number of aryl methyl sites for hydroxylation is 2. The van der Waals surface area contributed by atoms with Crippen LogP contribution in [-0.2, 0) is 6.42 Å². The number of para-hydroxylation sites is 1. The number of fused-ring (bicyclic) bond motifs is 4. The van der Waals surface area contributed by atoms with Gasteiger partial charge in [-0.05, 0) is 37.1 Å². The zero-order valence-corrected chi connectivity index (χ0v) is 16.7. The second kappa shape index (κ2) is 6.67. The number of hydrogen-bond acceptors (Lipinski definition) is 3. The highest BCUT2D eigenvalue weighted by atomic mass is 16.3. The molecule has 1 aliphatic carbocycles. The SMILES string of the molecule is Cc1cc(-c2nc(-c3ccccc3)c3ccccc3n2)c2c3c(oc2c1)CCC=C3. The Labute approximate surface area is 174 Å². The summed E-state index contributed by atoms with van der Waals surface area (Å²) in [6, 6.07) is 22.9. The van der Waals surface area contributed by atoms with Gasteiger partial charge in [0, 0.05) is 33.9 Å². The number of nitrogens with zero attached hydrogens (tertiary/aromatic N) is 2. The van der Waals surface area contributed by atoms with Crippen LogP contribution in [0.1, 0.15) is 23.3 Å². The summed E-state index contributed by atoms with van der Waals surface area (Å²) in [5.74, 6) is 1.80. The summed E-state index contributed by atoms with van der Waals surface area (Å²) in [6.07, 6.45) is 6.36. The van der Waals surface area contributed by atoms with Crippen molar-refractivity contribution in [1.29, 1.82) is 0 Å². The van der Waals surface area contributed by atoms with Crippen LogP contribution in [0.2, 0.25) is 0 Å². The van der Waals surface area contributed by atoms with E-state index >= 15 is 0 Å². The molecule has 0 unspecified atom stereocenters. The van der Waals surface area contributed by atoms with Crippen LogP contribution in [0.15, 0.2) is 77.2 Å². The van der Waals surface area contributed by atoms with Gasteiger partial charge in [0.05, 0.1) is 11.2 Å². The lowest BCUT2D eigenvalue weighted by molar-refractivity contribution is 0.546. The molecule has 0 aliphatic heterocycles. The zero-order chi connectivity index (χ0) is 20.1. The molecule has 0 N–H and O–H groups in total. The van der Waals surface area contributed by atoms with Crippen molar-refractivity contribution in [2.24, 2.45) is 0 Å². The molecule has 0 spiro atoms. The van der Waals surface area contributed by atoms with Crippen LogP contribution in [0, 0.1) is 6.92 Å². The van der Waals surface area contributed by atoms with E-state index in [1.165, 1.54) is 5.56 Å². The summed E-state index contributed by atoms with van der Waals surface area (Å²) in [7, 11) is 0. The maximum Gasteiger partial charge on any atom is 0.161 e. The fourth-order valence-corrected chi connectivity index (χ4v) is 4.41. The van der Waals surface area contributed by atoms with Gasteiger partial charge in [0.2, 0.25) is 0 Å². The third-order valence-corrected chi connectivity index (χ3v) is 5.76. The van der Waals surface area contributed by atoms with Crippen LogP contribution in [0.4, 0.5) is 0 Å². The Balaban J connectivity index is 1.70. The average Bonchev–Trinajstić information content (AvgIpc) is 3.16. The Morgan fingerprint density at radius 2 is 1.73 bits per heavy atom. The Bertz CT molecular complexity index is 1440. The predicted molar refractivity (Wildman–Crippen MR) is 122 cm³/mol. The van der Waals surface area contributed by atoms with Crippen molar-refractivity contribution in [2.45, 2.75) is 19.8 Å². The van der Waals surface area contributed by atoms with Crippen molar-refractivity contribution in [1.82, 2.24) is 9.97 Å². The molecule has 144 valence electrons. The number of furan rings is 1. The van der Waals surface area contributed by atoms with Gasteiger partial charge in [-0.25, -0.2) is 9.97 Å². The molecule has 2 heterocycles. The fraction of sp³-hybridized carbons (Fsp3) is 0.111. The van der Waals surface area contributed by atoms with Crippen molar-refractivity contribution < 1.29 is 4.42 Å². The molecular formula is C27H20N2O. The molecule has 0 fully saturated rings. The van der Waals surface area contributed by atoms with Gasteiger partial charge in [0.25, 0.3) is 0 Å². The molecule has 6 rings (SSSR count). The molecule has 3 heteroatoms. The first kappa shape index (κ1) is 17.2. The molecule has 0 bridgehead atoms. The lowest BCUT2D eigenvalue weighted by Gasteiger charge is -2.11. The number of rotatable bonds is 2. The number of allylic oxidation sites excluding steroid dienone is 1. The van der Waals surface area contributed by atoms with E-state index < -0.39 is 0 Å². The van der Waals surface area contributed by atoms with Gasteiger partial charge in [0.15, 0.2) is 5.82 Å². The summed E-state index contributed by atoms with van der Waals surface area (Å²) in [4.78, 5) is 10.1. The maximum atomic E-state index is 6.23. The second-order valence-corrected chi connectivity index (χ2v) is 7.84. The lowest BCUT2D eigenvalue weighted by Crippen LogP contribution is -1.96. The van der Waals surface area contributed by atoms with Gasteiger partial charge >= 0.3 is 0 Å². The first-order valence-electron chi connectivity index (χ1n) is 10.3. The monoisotopic (exact) mass is 388 g/mol. The van der Waals surface area contributed by atoms with E-state index in [2.05, 4.69) is 55.5 Å². The van der Waals surface area contributed by atoms with Crippen molar-refractivity contribution in [2.75, 3.05) is 0 Å². The van der Waals surface area contributed by atoms with Gasteiger partial charge in [-0.1, -0.05) is 60.7 Å². The van der Waals surface area contributed by atoms with Crippen LogP contribution in [0.25, 0.3) is 50.6 Å². The molecule has 0 radical (unpaired) electrons. The van der Waals surface area contributed by atoms with Crippen molar-refractivity contribution >= 4 is 27.9 Å². The maximum absolute atomic E-state index is 6.23. The van der Waals surface area contributed by atoms with Crippen molar-refractivity contribution in [3.8, 4) is 22.6 Å². The number of benzene rings is 3. The molecule has 1 aliphatic rings. The molecule has 3 nitrogen and oxygen atoms in total. The van der Waals surface area contributed by atoms with Crippen LogP contribution in [0.5, 0.6) is 0 Å². The highest BCUT2D eigenvalue weighted by Crippen LogP contribution is 2.39. The van der Waals surface area contributed by atoms with Gasteiger partial charge in [-0.15, -0.1) is 0 Å². The van der Waals surface area contributed by atoms with E-state index in [0.29, 0.717) is 0 Å². The third-order valence-electron chi connectivity index (χ3n) is 5.76. The summed E-state index contributed by atoms with van der Waals surface area (Å²) in [5.41, 5.74) is 7.26. The summed E-state index contributed by atoms with van der Waals surface area (Å²) in [5, 5.41) is 2.17. The quantitative estimate of drug-likeness (QED) is 0.327. The normalized spacial score (nSPS) is 13.1. The first-order chi connectivity index (χ1) is 14.8.